The van der Waals surface area contributed by atoms with Gasteiger partial charge >= 0.3 is 0 Å². The number of aromatic nitrogens is 3. The quantitative estimate of drug-likeness (QED) is 0.709. The molecular formula is C18H15BrN4O3. The van der Waals surface area contributed by atoms with Gasteiger partial charge in [0.2, 0.25) is 5.91 Å². The van der Waals surface area contributed by atoms with Crippen LogP contribution in [0, 0.1) is 0 Å². The molecular weight excluding hydrogens is 400 g/mol. The number of carbonyl (C=O) groups is 1. The van der Waals surface area contributed by atoms with E-state index in [4.69, 9.17) is 9.47 Å². The van der Waals surface area contributed by atoms with E-state index in [2.05, 4.69) is 31.2 Å². The van der Waals surface area contributed by atoms with Gasteiger partial charge in [0.05, 0.1) is 18.3 Å². The van der Waals surface area contributed by atoms with Gasteiger partial charge in [-0.2, -0.15) is 0 Å². The molecule has 0 aliphatic carbocycles. The van der Waals surface area contributed by atoms with E-state index >= 15 is 0 Å². The summed E-state index contributed by atoms with van der Waals surface area (Å²) in [5.74, 6) is 1.94. The van der Waals surface area contributed by atoms with Crippen LogP contribution in [0.3, 0.4) is 0 Å². The van der Waals surface area contributed by atoms with E-state index in [0.717, 1.165) is 15.9 Å². The van der Waals surface area contributed by atoms with Gasteiger partial charge in [-0.3, -0.25) is 9.36 Å². The highest BCUT2D eigenvalue weighted by molar-refractivity contribution is 9.10. The minimum Gasteiger partial charge on any atom is -0.486 e. The molecule has 132 valence electrons. The second-order valence-electron chi connectivity index (χ2n) is 5.69. The lowest BCUT2D eigenvalue weighted by molar-refractivity contribution is -0.115. The van der Waals surface area contributed by atoms with E-state index in [0.29, 0.717) is 30.4 Å². The molecule has 7 nitrogen and oxygen atoms in total. The SMILES string of the molecule is O=C(Cc1cc2c(cc1Br)OCCO2)Nc1ccc(-n2ccnc2)nc1. The molecule has 26 heavy (non-hydrogen) atoms. The molecule has 1 amide bonds. The van der Waals surface area contributed by atoms with Crippen LogP contribution in [0.15, 0.2) is 53.7 Å². The normalized spacial score (nSPS) is 12.7. The average molecular weight is 415 g/mol. The van der Waals surface area contributed by atoms with Crippen LogP contribution in [-0.2, 0) is 11.2 Å². The molecule has 4 rings (SSSR count). The summed E-state index contributed by atoms with van der Waals surface area (Å²) in [6, 6.07) is 7.29. The first-order valence-electron chi connectivity index (χ1n) is 8.01. The Morgan fingerprint density at radius 1 is 1.23 bits per heavy atom. The minimum absolute atomic E-state index is 0.139. The molecule has 8 heteroatoms. The highest BCUT2D eigenvalue weighted by atomic mass is 79.9. The Kier molecular flexibility index (Phi) is 4.57. The topological polar surface area (TPSA) is 78.3 Å². The van der Waals surface area contributed by atoms with E-state index in [9.17, 15) is 4.79 Å². The number of rotatable bonds is 4. The van der Waals surface area contributed by atoms with Crippen molar-refractivity contribution in [2.24, 2.45) is 0 Å². The molecule has 0 bridgehead atoms. The van der Waals surface area contributed by atoms with Crippen LogP contribution in [0.25, 0.3) is 5.82 Å². The Morgan fingerprint density at radius 2 is 2.04 bits per heavy atom. The molecule has 1 N–H and O–H groups in total. The molecule has 0 atom stereocenters. The first-order valence-corrected chi connectivity index (χ1v) is 8.80. The summed E-state index contributed by atoms with van der Waals surface area (Å²) >= 11 is 3.48. The van der Waals surface area contributed by atoms with Crippen molar-refractivity contribution >= 4 is 27.5 Å². The number of amides is 1. The Balaban J connectivity index is 1.44. The zero-order chi connectivity index (χ0) is 17.9. The maximum atomic E-state index is 12.4. The van der Waals surface area contributed by atoms with E-state index in [1.54, 1.807) is 35.6 Å². The summed E-state index contributed by atoms with van der Waals surface area (Å²) in [6.07, 6.45) is 6.98. The second-order valence-corrected chi connectivity index (χ2v) is 6.54. The van der Waals surface area contributed by atoms with Crippen LogP contribution in [0.5, 0.6) is 11.5 Å². The predicted octanol–water partition coefficient (Wildman–Crippen LogP) is 2.98. The van der Waals surface area contributed by atoms with Crippen molar-refractivity contribution in [3.8, 4) is 17.3 Å². The zero-order valence-corrected chi connectivity index (χ0v) is 15.3. The molecule has 1 aliphatic heterocycles. The van der Waals surface area contributed by atoms with Crippen LogP contribution in [0.2, 0.25) is 0 Å². The Hall–Kier alpha value is -2.87. The van der Waals surface area contributed by atoms with Gasteiger partial charge < -0.3 is 14.8 Å². The number of carbonyl (C=O) groups excluding carboxylic acids is 1. The first-order chi connectivity index (χ1) is 12.7. The largest absolute Gasteiger partial charge is 0.486 e. The maximum Gasteiger partial charge on any atom is 0.228 e. The fraction of sp³-hybridized carbons (Fsp3) is 0.167. The molecule has 0 spiro atoms. The van der Waals surface area contributed by atoms with Crippen molar-refractivity contribution in [1.82, 2.24) is 14.5 Å². The number of imidazole rings is 1. The number of nitrogens with one attached hydrogen (secondary N) is 1. The minimum atomic E-state index is -0.139. The Morgan fingerprint density at radius 3 is 2.73 bits per heavy atom. The number of fused-ring (bicyclic) bond motifs is 1. The first kappa shape index (κ1) is 16.6. The van der Waals surface area contributed by atoms with Crippen LogP contribution >= 0.6 is 15.9 Å². The monoisotopic (exact) mass is 414 g/mol. The number of anilines is 1. The molecule has 0 saturated heterocycles. The third-order valence-electron chi connectivity index (χ3n) is 3.86. The molecule has 1 aliphatic rings. The summed E-state index contributed by atoms with van der Waals surface area (Å²) in [5.41, 5.74) is 1.46. The smallest absolute Gasteiger partial charge is 0.228 e. The maximum absolute atomic E-state index is 12.4. The zero-order valence-electron chi connectivity index (χ0n) is 13.7. The molecule has 3 aromatic rings. The van der Waals surface area contributed by atoms with Gasteiger partial charge in [0.1, 0.15) is 25.4 Å². The average Bonchev–Trinajstić information content (AvgIpc) is 3.17. The molecule has 0 saturated carbocycles. The van der Waals surface area contributed by atoms with E-state index in [-0.39, 0.29) is 12.3 Å². The highest BCUT2D eigenvalue weighted by Gasteiger charge is 2.16. The summed E-state index contributed by atoms with van der Waals surface area (Å²) in [7, 11) is 0. The van der Waals surface area contributed by atoms with Crippen LogP contribution in [0.1, 0.15) is 5.56 Å². The fourth-order valence-corrected chi connectivity index (χ4v) is 3.09. The van der Waals surface area contributed by atoms with Gasteiger partial charge in [0, 0.05) is 16.9 Å². The number of benzene rings is 1. The van der Waals surface area contributed by atoms with Crippen molar-refractivity contribution in [2.75, 3.05) is 18.5 Å². The van der Waals surface area contributed by atoms with Gasteiger partial charge in [-0.15, -0.1) is 0 Å². The number of nitrogens with zero attached hydrogens (tertiary/aromatic N) is 3. The van der Waals surface area contributed by atoms with Crippen LogP contribution < -0.4 is 14.8 Å². The van der Waals surface area contributed by atoms with Crippen LogP contribution in [0.4, 0.5) is 5.69 Å². The third-order valence-corrected chi connectivity index (χ3v) is 4.60. The van der Waals surface area contributed by atoms with Crippen molar-refractivity contribution in [1.29, 1.82) is 0 Å². The fourth-order valence-electron chi connectivity index (χ4n) is 2.63. The van der Waals surface area contributed by atoms with Crippen molar-refractivity contribution in [3.05, 3.63) is 59.2 Å². The standard InChI is InChI=1S/C18H15BrN4O3/c19-14-9-16-15(25-5-6-26-16)7-12(14)8-18(24)22-13-1-2-17(21-10-13)23-4-3-20-11-23/h1-4,7,9-11H,5-6,8H2,(H,22,24). The lowest BCUT2D eigenvalue weighted by Gasteiger charge is -2.19. The number of hydrogen-bond acceptors (Lipinski definition) is 5. The number of pyridine rings is 1. The van der Waals surface area contributed by atoms with Gasteiger partial charge in [0.15, 0.2) is 11.5 Å². The van der Waals surface area contributed by atoms with Gasteiger partial charge in [0.25, 0.3) is 0 Å². The van der Waals surface area contributed by atoms with E-state index in [1.165, 1.54) is 0 Å². The summed E-state index contributed by atoms with van der Waals surface area (Å²) in [6.45, 7) is 1.04. The molecule has 0 unspecified atom stereocenters. The molecule has 0 radical (unpaired) electrons. The summed E-state index contributed by atoms with van der Waals surface area (Å²) in [5, 5.41) is 2.85. The van der Waals surface area contributed by atoms with E-state index < -0.39 is 0 Å². The van der Waals surface area contributed by atoms with Gasteiger partial charge in [-0.1, -0.05) is 15.9 Å². The second kappa shape index (κ2) is 7.17. The lowest BCUT2D eigenvalue weighted by Crippen LogP contribution is -2.17. The van der Waals surface area contributed by atoms with Crippen LogP contribution in [-0.4, -0.2) is 33.7 Å². The molecule has 1 aromatic carbocycles. The van der Waals surface area contributed by atoms with Crippen molar-refractivity contribution in [2.45, 2.75) is 6.42 Å². The highest BCUT2D eigenvalue weighted by Crippen LogP contribution is 2.35. The van der Waals surface area contributed by atoms with Crippen molar-refractivity contribution < 1.29 is 14.3 Å². The Labute approximate surface area is 158 Å². The van der Waals surface area contributed by atoms with Gasteiger partial charge in [-0.05, 0) is 29.8 Å². The lowest BCUT2D eigenvalue weighted by atomic mass is 10.1. The molecule has 0 fully saturated rings. The predicted molar refractivity (Wildman–Crippen MR) is 98.8 cm³/mol. The third kappa shape index (κ3) is 3.55. The number of ether oxygens (including phenoxy) is 2. The number of halogens is 1. The van der Waals surface area contributed by atoms with Gasteiger partial charge in [-0.25, -0.2) is 9.97 Å². The summed E-state index contributed by atoms with van der Waals surface area (Å²) in [4.78, 5) is 20.7. The summed E-state index contributed by atoms with van der Waals surface area (Å²) < 4.78 is 13.7. The molecule has 3 heterocycles. The molecule has 2 aromatic heterocycles. The van der Waals surface area contributed by atoms with Crippen molar-refractivity contribution in [3.63, 3.8) is 0 Å². The van der Waals surface area contributed by atoms with E-state index in [1.807, 2.05) is 18.2 Å². The Bertz CT molecular complexity index is 926. The number of hydrogen-bond donors (Lipinski definition) is 1.